The van der Waals surface area contributed by atoms with Gasteiger partial charge in [-0.25, -0.2) is 4.79 Å². The number of hydrogen-bond donors (Lipinski definition) is 30. The van der Waals surface area contributed by atoms with Crippen LogP contribution in [0.3, 0.4) is 0 Å². The molecule has 9 saturated heterocycles. The third-order valence-electron chi connectivity index (χ3n) is 21.3. The Morgan fingerprint density at radius 3 is 1.21 bits per heavy atom. The smallest absolute Gasteiger partial charge is 0.364 e. The second kappa shape index (κ2) is 41.4. The van der Waals surface area contributed by atoms with Crippen LogP contribution in [0.1, 0.15) is 41.0 Å². The minimum Gasteiger partial charge on any atom is -0.477 e. The third-order valence-corrected chi connectivity index (χ3v) is 21.3. The number of carbonyl (C=O) groups excluding carboxylic acids is 4. The van der Waals surface area contributed by atoms with Gasteiger partial charge in [0.2, 0.25) is 23.6 Å². The molecule has 0 aromatic carbocycles. The van der Waals surface area contributed by atoms with Gasteiger partial charge in [-0.2, -0.15) is 0 Å². The maximum absolute atomic E-state index is 13.2. The van der Waals surface area contributed by atoms with Gasteiger partial charge < -0.3 is 235 Å². The lowest BCUT2D eigenvalue weighted by Gasteiger charge is -2.51. The first-order valence-corrected chi connectivity index (χ1v) is 37.1. The molecule has 9 heterocycles. The molecule has 1 unspecified atom stereocenters. The number of aliphatic hydroxyl groups excluding tert-OH is 25. The summed E-state index contributed by atoms with van der Waals surface area (Å²) >= 11 is 0. The van der Waals surface area contributed by atoms with Gasteiger partial charge in [0.1, 0.15) is 207 Å². The number of aliphatic carboxylic acids is 1. The highest BCUT2D eigenvalue weighted by molar-refractivity contribution is 5.77. The Morgan fingerprint density at radius 2 is 0.735 bits per heavy atom. The van der Waals surface area contributed by atoms with E-state index in [1.165, 1.54) is 6.92 Å². The molecular weight excluding hydrogens is 1600 g/mol. The standard InChI is InChI=1S/C65H108N4O48/c1-15-33(83)42(92)44(94)60(102-15)115-55-43(93)35(85)22(8-71)105-63(55)112-50-27(13-76)108-59(32(41(50)91)69-19(5)80)114-53-38(88)28(109-61(46(53)96)110-49-26(12-75)107-58(31(40(49)90)68-18(4)79)113-52-36(86)23(9-72)103-56(98)45(52)95)14-101-57-30(67-17(3)78)39(89)48(25(11-74)106-57)111-62-47(97)54(37(87)24(10-73)104-62)117-65(64(99)100)6-20(81)29(66-16(2)77)51(116-65)34(84)21(82)7-70/h15,20-63,70-76,81-98H,6-14H2,1-5H3,(H,66,77)(H,67,78)(H,68,79)(H,69,80)(H,99,100)/t15-,20-,21+,22+,23+,24+,25+,26+,27+,28+,29+,30+,31+,32+,33+,34+,35-,36-,37-,38-,39+,40+,41+,42+,43-,44-,45+,46+,47+,48+,49+,50+,51+,52-,53-,54-,55+,56?,57+,58-,59-,60-,61-,62-,63-,65-/m0/s1. The van der Waals surface area contributed by atoms with Crippen LogP contribution >= 0.6 is 0 Å². The predicted molar refractivity (Wildman–Crippen MR) is 359 cm³/mol. The molecule has 46 atom stereocenters. The first-order chi connectivity index (χ1) is 55.1. The number of amides is 4. The summed E-state index contributed by atoms with van der Waals surface area (Å²) < 4.78 is 99.8. The minimum atomic E-state index is -3.29. The van der Waals surface area contributed by atoms with Crippen molar-refractivity contribution < 1.29 is 237 Å². The Hall–Kier alpha value is -4.33. The highest BCUT2D eigenvalue weighted by Crippen LogP contribution is 2.42. The van der Waals surface area contributed by atoms with E-state index >= 15 is 0 Å². The van der Waals surface area contributed by atoms with Crippen molar-refractivity contribution in [1.82, 2.24) is 21.3 Å². The summed E-state index contributed by atoms with van der Waals surface area (Å²) in [5.74, 6) is -9.25. The lowest BCUT2D eigenvalue weighted by atomic mass is 9.88. The number of aliphatic hydroxyl groups is 25. The zero-order valence-electron chi connectivity index (χ0n) is 63.0. The summed E-state index contributed by atoms with van der Waals surface area (Å²) in [6, 6.07) is -7.69. The number of carbonyl (C=O) groups is 5. The summed E-state index contributed by atoms with van der Waals surface area (Å²) in [5, 5.41) is 298. The van der Waals surface area contributed by atoms with Gasteiger partial charge in [-0.3, -0.25) is 19.2 Å². The average molecular weight is 1710 g/mol. The van der Waals surface area contributed by atoms with E-state index in [-0.39, 0.29) is 0 Å². The molecule has 676 valence electrons. The Bertz CT molecular complexity index is 3190. The van der Waals surface area contributed by atoms with Crippen molar-refractivity contribution in [3.8, 4) is 0 Å². The van der Waals surface area contributed by atoms with E-state index in [2.05, 4.69) is 21.3 Å². The fourth-order valence-electron chi connectivity index (χ4n) is 15.1. The number of ether oxygens (including phenoxy) is 17. The summed E-state index contributed by atoms with van der Waals surface area (Å²) in [7, 11) is 0. The van der Waals surface area contributed by atoms with Crippen LogP contribution in [0.15, 0.2) is 0 Å². The van der Waals surface area contributed by atoms with Crippen LogP contribution < -0.4 is 21.3 Å². The van der Waals surface area contributed by atoms with E-state index in [4.69, 9.17) is 80.5 Å². The fourth-order valence-corrected chi connectivity index (χ4v) is 15.1. The van der Waals surface area contributed by atoms with Crippen LogP contribution in [0.4, 0.5) is 0 Å². The van der Waals surface area contributed by atoms with Gasteiger partial charge in [-0.15, -0.1) is 0 Å². The van der Waals surface area contributed by atoms with Gasteiger partial charge in [0, 0.05) is 34.1 Å². The lowest BCUT2D eigenvalue weighted by molar-refractivity contribution is -0.393. The van der Waals surface area contributed by atoms with Crippen LogP contribution in [0, 0.1) is 0 Å². The van der Waals surface area contributed by atoms with Crippen molar-refractivity contribution in [2.45, 2.75) is 323 Å². The van der Waals surface area contributed by atoms with Crippen molar-refractivity contribution in [3.63, 3.8) is 0 Å². The van der Waals surface area contributed by atoms with E-state index in [0.29, 0.717) is 0 Å². The minimum absolute atomic E-state index is 0.872. The maximum Gasteiger partial charge on any atom is 0.364 e. The van der Waals surface area contributed by atoms with Gasteiger partial charge in [-0.05, 0) is 6.92 Å². The maximum atomic E-state index is 13.2. The zero-order valence-corrected chi connectivity index (χ0v) is 63.0. The van der Waals surface area contributed by atoms with Gasteiger partial charge in [0.25, 0.3) is 5.79 Å². The number of nitrogens with one attached hydrogen (secondary N) is 4. The molecule has 30 N–H and O–H groups in total. The normalized spacial score (nSPS) is 47.9. The van der Waals surface area contributed by atoms with Gasteiger partial charge >= 0.3 is 5.97 Å². The third kappa shape index (κ3) is 21.2. The van der Waals surface area contributed by atoms with Crippen LogP contribution in [-0.2, 0) is 104 Å². The van der Waals surface area contributed by atoms with E-state index in [1.54, 1.807) is 0 Å². The van der Waals surface area contributed by atoms with E-state index in [9.17, 15) is 157 Å². The number of carboxylic acid groups (broad SMARTS) is 1. The molecule has 117 heavy (non-hydrogen) atoms. The molecular formula is C65H108N4O48. The van der Waals surface area contributed by atoms with E-state index < -0.39 is 371 Å². The molecule has 0 aromatic rings. The van der Waals surface area contributed by atoms with Crippen molar-refractivity contribution >= 4 is 29.6 Å². The Morgan fingerprint density at radius 1 is 0.368 bits per heavy atom. The van der Waals surface area contributed by atoms with Gasteiger partial charge in [-0.1, -0.05) is 0 Å². The zero-order chi connectivity index (χ0) is 86.6. The van der Waals surface area contributed by atoms with Crippen LogP contribution in [0.2, 0.25) is 0 Å². The molecule has 9 aliphatic heterocycles. The number of rotatable bonds is 31. The molecule has 4 amide bonds. The topological polar surface area (TPSA) is 816 Å². The van der Waals surface area contributed by atoms with Crippen molar-refractivity contribution in [2.75, 3.05) is 52.9 Å². The average Bonchev–Trinajstić information content (AvgIpc) is 0.760. The number of carboxylic acids is 1. The number of hydrogen-bond acceptors (Lipinski definition) is 47. The first kappa shape index (κ1) is 96.5. The summed E-state index contributed by atoms with van der Waals surface area (Å²) in [5.41, 5.74) is 0. The second-order valence-electron chi connectivity index (χ2n) is 29.6. The molecule has 9 rings (SSSR count). The predicted octanol–water partition coefficient (Wildman–Crippen LogP) is -19.8. The molecule has 0 aliphatic carbocycles. The van der Waals surface area contributed by atoms with Crippen molar-refractivity contribution in [2.24, 2.45) is 0 Å². The van der Waals surface area contributed by atoms with Crippen LogP contribution in [0.5, 0.6) is 0 Å². The van der Waals surface area contributed by atoms with Gasteiger partial charge in [0.05, 0.1) is 71.1 Å². The molecule has 0 radical (unpaired) electrons. The molecule has 52 nitrogen and oxygen atoms in total. The van der Waals surface area contributed by atoms with Gasteiger partial charge in [0.15, 0.2) is 50.3 Å². The quantitative estimate of drug-likeness (QED) is 0.0306. The molecule has 0 spiro atoms. The molecule has 0 aromatic heterocycles. The Balaban J connectivity index is 1.02. The molecule has 0 bridgehead atoms. The monoisotopic (exact) mass is 1710 g/mol. The molecule has 0 saturated carbocycles. The highest BCUT2D eigenvalue weighted by Gasteiger charge is 2.63. The van der Waals surface area contributed by atoms with Crippen LogP contribution in [0.25, 0.3) is 0 Å². The molecule has 9 fully saturated rings. The van der Waals surface area contributed by atoms with Crippen molar-refractivity contribution in [1.29, 1.82) is 0 Å². The molecule has 9 aliphatic rings. The second-order valence-corrected chi connectivity index (χ2v) is 29.6. The molecule has 52 heteroatoms. The van der Waals surface area contributed by atoms with E-state index in [0.717, 1.165) is 27.7 Å². The largest absolute Gasteiger partial charge is 0.477 e. The summed E-state index contributed by atoms with van der Waals surface area (Å²) in [6.07, 6.45) is -87.5. The first-order valence-electron chi connectivity index (χ1n) is 37.1. The summed E-state index contributed by atoms with van der Waals surface area (Å²) in [6.45, 7) is -4.27. The van der Waals surface area contributed by atoms with Crippen molar-refractivity contribution in [3.05, 3.63) is 0 Å². The van der Waals surface area contributed by atoms with E-state index in [1.807, 2.05) is 0 Å². The lowest BCUT2D eigenvalue weighted by Crippen LogP contribution is -2.71. The highest BCUT2D eigenvalue weighted by atomic mass is 16.8. The summed E-state index contributed by atoms with van der Waals surface area (Å²) in [4.78, 5) is 64.7. The Kier molecular flexibility index (Phi) is 34.2. The van der Waals surface area contributed by atoms with Crippen LogP contribution in [-0.4, -0.2) is 497 Å². The fraction of sp³-hybridized carbons (Fsp3) is 0.923. The Labute approximate surface area is 662 Å². The SMILES string of the molecule is CC(=O)N[C@H]1[C@H](OC[C@H]2O[C@@H](O[C@H]3[C@H](O)[C@@H](NC(C)=O)[C@H](O[C@H]4[C@@H](O)[C@@H](CO)OC(O)[C@@H]4O)O[C@@H]3CO)[C@H](O)[C@@H](O[C@@H]3O[C@H](CO)[C@@H](O[C@@H]4O[C@H](CO)[C@H](O)[C@H](O)[C@H]4O[C@@H]4O[C@@H](C)[C@@H](O)[C@@H](O)[C@@H]4O)[C@H](O)[C@H]3NC(C)=O)[C@H]2O)O[C@H](CO)[C@@H](O[C@@H]2O[C@H](CO)[C@H](O)[C@H](O[C@]3(C(=O)O)C[C@H](O)[C@@H](NC(C)=O)[C@H]([C@H](O)[C@H](O)CO)O3)[C@H]2O)[C@@H]1O.